The van der Waals surface area contributed by atoms with Gasteiger partial charge in [0, 0.05) is 42.5 Å². The summed E-state index contributed by atoms with van der Waals surface area (Å²) >= 11 is 1.69. The molecule has 10 heteroatoms. The number of anilines is 5. The molecule has 182 valence electrons. The van der Waals surface area contributed by atoms with Crippen LogP contribution in [-0.4, -0.2) is 41.0 Å². The lowest BCUT2D eigenvalue weighted by molar-refractivity contribution is -0.106. The predicted octanol–water partition coefficient (Wildman–Crippen LogP) is 3.64. The molecule has 0 saturated carbocycles. The molecule has 35 heavy (non-hydrogen) atoms. The van der Waals surface area contributed by atoms with Crippen LogP contribution in [0.4, 0.5) is 28.7 Å². The van der Waals surface area contributed by atoms with Crippen LogP contribution in [0.2, 0.25) is 0 Å². The van der Waals surface area contributed by atoms with E-state index in [1.54, 1.807) is 11.3 Å². The average molecular weight is 491 g/mol. The van der Waals surface area contributed by atoms with E-state index in [1.807, 2.05) is 18.3 Å². The first-order chi connectivity index (χ1) is 17.0. The van der Waals surface area contributed by atoms with E-state index in [4.69, 9.17) is 16.3 Å². The molecule has 0 spiro atoms. The molecule has 5 heterocycles. The number of benzene rings is 1. The SMILES string of the molecule is Cc1sc2nccc(N3CCCC3)c2c1N.NC=O.Nc1cc(N2CCc3ccccc32)ncn1. The van der Waals surface area contributed by atoms with Gasteiger partial charge < -0.3 is 27.0 Å². The average Bonchev–Trinajstić information content (AvgIpc) is 3.60. The number of thiophene rings is 1. The molecule has 3 aromatic heterocycles. The Balaban J connectivity index is 0.000000149. The Labute approximate surface area is 208 Å². The fraction of sp³-hybridized carbons (Fsp3) is 0.280. The first-order valence-corrected chi connectivity index (χ1v) is 12.3. The number of primary amides is 1. The molecule has 0 atom stereocenters. The highest BCUT2D eigenvalue weighted by atomic mass is 32.1. The third-order valence-electron chi connectivity index (χ3n) is 6.08. The minimum atomic E-state index is 0.250. The predicted molar refractivity (Wildman–Crippen MR) is 144 cm³/mol. The third kappa shape index (κ3) is 5.27. The van der Waals surface area contributed by atoms with Crippen molar-refractivity contribution in [1.82, 2.24) is 15.0 Å². The van der Waals surface area contributed by atoms with Crippen molar-refractivity contribution < 1.29 is 4.79 Å². The zero-order valence-corrected chi connectivity index (χ0v) is 20.5. The van der Waals surface area contributed by atoms with E-state index in [2.05, 4.69) is 61.7 Å². The van der Waals surface area contributed by atoms with Crippen LogP contribution in [-0.2, 0) is 11.2 Å². The van der Waals surface area contributed by atoms with Crippen LogP contribution in [0.5, 0.6) is 0 Å². The topological polar surface area (TPSA) is 140 Å². The molecule has 2 aliphatic rings. The van der Waals surface area contributed by atoms with Gasteiger partial charge in [-0.3, -0.25) is 4.79 Å². The highest BCUT2D eigenvalue weighted by molar-refractivity contribution is 7.19. The smallest absolute Gasteiger partial charge is 0.204 e. The van der Waals surface area contributed by atoms with Gasteiger partial charge in [0.15, 0.2) is 0 Å². The maximum atomic E-state index is 8.58. The third-order valence-corrected chi connectivity index (χ3v) is 7.11. The lowest BCUT2D eigenvalue weighted by Gasteiger charge is -2.18. The lowest BCUT2D eigenvalue weighted by Crippen LogP contribution is -2.17. The van der Waals surface area contributed by atoms with Crippen molar-refractivity contribution in [2.24, 2.45) is 5.73 Å². The molecule has 0 unspecified atom stereocenters. The van der Waals surface area contributed by atoms with Gasteiger partial charge in [0.05, 0.1) is 16.8 Å². The van der Waals surface area contributed by atoms with Crippen LogP contribution in [0.1, 0.15) is 23.3 Å². The van der Waals surface area contributed by atoms with Crippen molar-refractivity contribution in [3.8, 4) is 0 Å². The summed E-state index contributed by atoms with van der Waals surface area (Å²) in [6.07, 6.45) is 7.27. The summed E-state index contributed by atoms with van der Waals surface area (Å²) in [4.78, 5) is 28.0. The van der Waals surface area contributed by atoms with Crippen LogP contribution < -0.4 is 27.0 Å². The Morgan fingerprint density at radius 3 is 2.49 bits per heavy atom. The number of amides is 1. The first kappa shape index (κ1) is 24.2. The second-order valence-electron chi connectivity index (χ2n) is 8.24. The number of hydrogen-bond acceptors (Lipinski definition) is 9. The number of pyridine rings is 1. The van der Waals surface area contributed by atoms with Crippen LogP contribution in [0, 0.1) is 6.92 Å². The molecular formula is C25H30N8OS. The highest BCUT2D eigenvalue weighted by Gasteiger charge is 2.21. The van der Waals surface area contributed by atoms with Crippen molar-refractivity contribution in [3.05, 3.63) is 59.4 Å². The number of nitrogen functional groups attached to an aromatic ring is 2. The number of nitrogens with zero attached hydrogens (tertiary/aromatic N) is 5. The second kappa shape index (κ2) is 11.0. The van der Waals surface area contributed by atoms with Gasteiger partial charge in [0.2, 0.25) is 6.41 Å². The lowest BCUT2D eigenvalue weighted by atomic mass is 10.2. The zero-order valence-electron chi connectivity index (χ0n) is 19.7. The van der Waals surface area contributed by atoms with E-state index in [0.717, 1.165) is 47.8 Å². The molecule has 1 aromatic carbocycles. The molecular weight excluding hydrogens is 460 g/mol. The van der Waals surface area contributed by atoms with E-state index in [1.165, 1.54) is 41.0 Å². The van der Waals surface area contributed by atoms with Crippen molar-refractivity contribution in [1.29, 1.82) is 0 Å². The molecule has 1 amide bonds. The molecule has 0 bridgehead atoms. The quantitative estimate of drug-likeness (QED) is 0.362. The number of aryl methyl sites for hydroxylation is 1. The number of rotatable bonds is 2. The summed E-state index contributed by atoms with van der Waals surface area (Å²) in [5.41, 5.74) is 20.7. The summed E-state index contributed by atoms with van der Waals surface area (Å²) in [6.45, 7) is 5.31. The van der Waals surface area contributed by atoms with E-state index in [9.17, 15) is 0 Å². The molecule has 9 nitrogen and oxygen atoms in total. The number of carbonyl (C=O) groups is 1. The van der Waals surface area contributed by atoms with Gasteiger partial charge in [-0.2, -0.15) is 0 Å². The fourth-order valence-corrected chi connectivity index (χ4v) is 5.38. The summed E-state index contributed by atoms with van der Waals surface area (Å²) in [5, 5.41) is 1.16. The van der Waals surface area contributed by atoms with Crippen molar-refractivity contribution in [2.45, 2.75) is 26.2 Å². The molecule has 6 rings (SSSR count). The van der Waals surface area contributed by atoms with Crippen LogP contribution in [0.3, 0.4) is 0 Å². The Bertz CT molecular complexity index is 1300. The molecule has 1 saturated heterocycles. The molecule has 2 aliphatic heterocycles. The summed E-state index contributed by atoms with van der Waals surface area (Å²) < 4.78 is 0. The summed E-state index contributed by atoms with van der Waals surface area (Å²) in [7, 11) is 0. The standard InChI is InChI=1S/C12H12N4.C12H15N3S.CH3NO/c13-11-7-12(15-8-14-11)16-6-5-9-3-1-2-4-10(9)16;1-8-11(13)10-9(15-6-2-3-7-15)4-5-14-12(10)16-8;2-1-3/h1-4,7-8H,5-6H2,(H2,13,14,15);4-5H,2-3,6-7,13H2,1H3;1H,(H2,2,3). The Hall–Kier alpha value is -3.92. The van der Waals surface area contributed by atoms with Gasteiger partial charge in [0.1, 0.15) is 22.8 Å². The molecule has 6 N–H and O–H groups in total. The van der Waals surface area contributed by atoms with Crippen LogP contribution in [0.15, 0.2) is 48.9 Å². The van der Waals surface area contributed by atoms with E-state index >= 15 is 0 Å². The molecule has 0 aliphatic carbocycles. The van der Waals surface area contributed by atoms with Gasteiger partial charge >= 0.3 is 0 Å². The largest absolute Gasteiger partial charge is 0.397 e. The van der Waals surface area contributed by atoms with Gasteiger partial charge in [-0.25, -0.2) is 15.0 Å². The van der Waals surface area contributed by atoms with Crippen molar-refractivity contribution >= 4 is 56.7 Å². The Kier molecular flexibility index (Phi) is 7.61. The maximum absolute atomic E-state index is 8.58. The fourth-order valence-electron chi connectivity index (χ4n) is 4.45. The number of nitrogens with two attached hydrogens (primary N) is 3. The zero-order chi connectivity index (χ0) is 24.8. The van der Waals surface area contributed by atoms with Crippen LogP contribution in [0.25, 0.3) is 10.2 Å². The monoisotopic (exact) mass is 490 g/mol. The maximum Gasteiger partial charge on any atom is 0.204 e. The van der Waals surface area contributed by atoms with E-state index < -0.39 is 0 Å². The number of hydrogen-bond donors (Lipinski definition) is 3. The molecule has 0 radical (unpaired) electrons. The number of carbonyl (C=O) groups excluding carboxylic acids is 1. The first-order valence-electron chi connectivity index (χ1n) is 11.5. The van der Waals surface area contributed by atoms with Crippen molar-refractivity contribution in [2.75, 3.05) is 40.9 Å². The molecule has 1 fully saturated rings. The van der Waals surface area contributed by atoms with Gasteiger partial charge in [-0.1, -0.05) is 18.2 Å². The minimum Gasteiger partial charge on any atom is -0.397 e. The summed E-state index contributed by atoms with van der Waals surface area (Å²) in [6, 6.07) is 12.3. The molecule has 4 aromatic rings. The summed E-state index contributed by atoms with van der Waals surface area (Å²) in [5.74, 6) is 1.38. The number of para-hydroxylation sites is 1. The van der Waals surface area contributed by atoms with Gasteiger partial charge in [-0.15, -0.1) is 11.3 Å². The Morgan fingerprint density at radius 1 is 1.00 bits per heavy atom. The number of aromatic nitrogens is 3. The van der Waals surface area contributed by atoms with E-state index in [0.29, 0.717) is 5.82 Å². The van der Waals surface area contributed by atoms with Crippen LogP contribution >= 0.6 is 11.3 Å². The second-order valence-corrected chi connectivity index (χ2v) is 9.45. The van der Waals surface area contributed by atoms with Gasteiger partial charge in [0.25, 0.3) is 0 Å². The minimum absolute atomic E-state index is 0.250. The number of fused-ring (bicyclic) bond motifs is 2. The highest BCUT2D eigenvalue weighted by Crippen LogP contribution is 2.39. The van der Waals surface area contributed by atoms with Gasteiger partial charge in [-0.05, 0) is 43.9 Å². The Morgan fingerprint density at radius 2 is 1.74 bits per heavy atom. The van der Waals surface area contributed by atoms with Crippen molar-refractivity contribution in [3.63, 3.8) is 0 Å². The normalized spacial score (nSPS) is 14.1. The van der Waals surface area contributed by atoms with E-state index in [-0.39, 0.29) is 6.41 Å².